The Balaban J connectivity index is 2.96. The first kappa shape index (κ1) is 21.3. The maximum absolute atomic E-state index is 12.4. The highest BCUT2D eigenvalue weighted by Crippen LogP contribution is 2.27. The van der Waals surface area contributed by atoms with E-state index in [0.29, 0.717) is 6.42 Å². The number of hydrazine groups is 1. The third-order valence-corrected chi connectivity index (χ3v) is 3.43. The molecule has 0 aromatic rings. The van der Waals surface area contributed by atoms with E-state index in [9.17, 15) is 9.59 Å². The summed E-state index contributed by atoms with van der Waals surface area (Å²) in [4.78, 5) is 25.3. The van der Waals surface area contributed by atoms with Crippen LogP contribution in [0.5, 0.6) is 0 Å². The second-order valence-electron chi connectivity index (χ2n) is 8.93. The molecule has 0 heterocycles. The van der Waals surface area contributed by atoms with Gasteiger partial charge in [0.15, 0.2) is 0 Å². The van der Waals surface area contributed by atoms with Crippen LogP contribution in [0.1, 0.15) is 74.1 Å². The number of hydrogen-bond donors (Lipinski definition) is 2. The Morgan fingerprint density at radius 2 is 1.72 bits per heavy atom. The van der Waals surface area contributed by atoms with Gasteiger partial charge in [0.25, 0.3) is 0 Å². The van der Waals surface area contributed by atoms with Crippen LogP contribution in [-0.2, 0) is 9.47 Å². The quantitative estimate of drug-likeness (QED) is 0.424. The lowest BCUT2D eigenvalue weighted by atomic mass is 9.82. The first-order valence-corrected chi connectivity index (χ1v) is 8.69. The molecular weight excluding hydrogens is 324 g/mol. The van der Waals surface area contributed by atoms with E-state index < -0.39 is 23.4 Å². The smallest absolute Gasteiger partial charge is 0.440 e. The minimum absolute atomic E-state index is 0.175. The van der Waals surface area contributed by atoms with Crippen molar-refractivity contribution in [3.8, 4) is 0 Å². The number of carbonyl (C=O) groups is 2. The molecule has 3 N–H and O–H groups in total. The SMILES string of the molecule is CC(C)(C)OC(=O)N[N+](=N[C@H]1CCC[C@@](C)(N)C1)C(=O)OC(C)(C)C. The van der Waals surface area contributed by atoms with Gasteiger partial charge in [0.05, 0.1) is 0 Å². The number of azo groups is 1. The van der Waals surface area contributed by atoms with Crippen LogP contribution in [-0.4, -0.2) is 39.8 Å². The van der Waals surface area contributed by atoms with Crippen LogP contribution in [0.3, 0.4) is 0 Å². The molecule has 2 amide bonds. The second-order valence-corrected chi connectivity index (χ2v) is 8.93. The van der Waals surface area contributed by atoms with Gasteiger partial charge in [-0.25, -0.2) is 4.79 Å². The van der Waals surface area contributed by atoms with Crippen molar-refractivity contribution in [2.45, 2.75) is 96.9 Å². The summed E-state index contributed by atoms with van der Waals surface area (Å²) in [5.41, 5.74) is 6.82. The molecule has 8 heteroatoms. The highest BCUT2D eigenvalue weighted by atomic mass is 16.6. The molecule has 0 spiro atoms. The molecule has 1 rings (SSSR count). The zero-order chi connectivity index (χ0) is 19.5. The van der Waals surface area contributed by atoms with Crippen molar-refractivity contribution in [3.63, 3.8) is 0 Å². The minimum Gasteiger partial charge on any atom is -0.440 e. The lowest BCUT2D eigenvalue weighted by Crippen LogP contribution is -2.46. The summed E-state index contributed by atoms with van der Waals surface area (Å²) < 4.78 is 10.5. The normalized spacial score (nSPS) is 25.3. The molecule has 0 saturated heterocycles. The number of ether oxygens (including phenoxy) is 2. The summed E-state index contributed by atoms with van der Waals surface area (Å²) in [6, 6.07) is -0.175. The van der Waals surface area contributed by atoms with E-state index in [4.69, 9.17) is 15.2 Å². The van der Waals surface area contributed by atoms with E-state index in [0.717, 1.165) is 24.1 Å². The number of nitrogens with two attached hydrogens (primary N) is 1. The number of amides is 2. The van der Waals surface area contributed by atoms with Gasteiger partial charge in [0, 0.05) is 10.7 Å². The Morgan fingerprint density at radius 3 is 2.20 bits per heavy atom. The van der Waals surface area contributed by atoms with Gasteiger partial charge in [0.2, 0.25) is 0 Å². The number of nitrogens with one attached hydrogen (secondary N) is 1. The van der Waals surface area contributed by atoms with Gasteiger partial charge in [-0.3, -0.25) is 0 Å². The summed E-state index contributed by atoms with van der Waals surface area (Å²) in [7, 11) is 0. The molecule has 0 aromatic heterocycles. The molecule has 1 fully saturated rings. The molecule has 0 unspecified atom stereocenters. The van der Waals surface area contributed by atoms with Crippen molar-refractivity contribution in [2.24, 2.45) is 10.8 Å². The van der Waals surface area contributed by atoms with E-state index in [-0.39, 0.29) is 11.6 Å². The topological polar surface area (TPSA) is 106 Å². The summed E-state index contributed by atoms with van der Waals surface area (Å²) in [6.07, 6.45) is 1.71. The largest absolute Gasteiger partial charge is 0.653 e. The Labute approximate surface area is 150 Å². The van der Waals surface area contributed by atoms with Gasteiger partial charge in [-0.1, -0.05) is 5.43 Å². The number of hydrogen-bond acceptors (Lipinski definition) is 6. The molecule has 1 aliphatic rings. The Bertz CT molecular complexity index is 530. The molecule has 0 bridgehead atoms. The first-order valence-electron chi connectivity index (χ1n) is 8.69. The van der Waals surface area contributed by atoms with Crippen LogP contribution in [0.25, 0.3) is 0 Å². The van der Waals surface area contributed by atoms with Gasteiger partial charge in [-0.05, 0) is 74.1 Å². The first-order chi connectivity index (χ1) is 11.2. The van der Waals surface area contributed by atoms with Gasteiger partial charge >= 0.3 is 12.2 Å². The molecule has 1 aliphatic carbocycles. The van der Waals surface area contributed by atoms with Crippen LogP contribution in [0.2, 0.25) is 0 Å². The zero-order valence-corrected chi connectivity index (χ0v) is 16.5. The van der Waals surface area contributed by atoms with Crippen molar-refractivity contribution >= 4 is 12.2 Å². The molecule has 144 valence electrons. The number of nitrogens with zero attached hydrogens (tertiary/aromatic N) is 2. The van der Waals surface area contributed by atoms with Crippen LogP contribution in [0, 0.1) is 0 Å². The molecule has 0 radical (unpaired) electrons. The summed E-state index contributed by atoms with van der Waals surface area (Å²) in [6.45, 7) is 12.4. The van der Waals surface area contributed by atoms with Crippen molar-refractivity contribution in [2.75, 3.05) is 0 Å². The van der Waals surface area contributed by atoms with Gasteiger partial charge in [-0.15, -0.1) is 0 Å². The third kappa shape index (κ3) is 8.81. The number of rotatable bonds is 1. The summed E-state index contributed by atoms with van der Waals surface area (Å²) in [5, 5.41) is 4.35. The lowest BCUT2D eigenvalue weighted by Gasteiger charge is -2.31. The maximum atomic E-state index is 12.4. The van der Waals surface area contributed by atoms with Crippen LogP contribution in [0.4, 0.5) is 9.59 Å². The monoisotopic (exact) mass is 357 g/mol. The number of carbonyl (C=O) groups excluding carboxylic acids is 2. The maximum Gasteiger partial charge on any atom is 0.653 e. The molecular formula is C17H33N4O4+. The summed E-state index contributed by atoms with van der Waals surface area (Å²) in [5.74, 6) is 0. The minimum atomic E-state index is -0.770. The van der Waals surface area contributed by atoms with E-state index in [1.807, 2.05) is 6.92 Å². The molecule has 25 heavy (non-hydrogen) atoms. The predicted octanol–water partition coefficient (Wildman–Crippen LogP) is 3.49. The van der Waals surface area contributed by atoms with Crippen LogP contribution >= 0.6 is 0 Å². The van der Waals surface area contributed by atoms with Crippen molar-refractivity contribution in [1.82, 2.24) is 5.43 Å². The Hall–Kier alpha value is -1.70. The predicted molar refractivity (Wildman–Crippen MR) is 93.1 cm³/mol. The van der Waals surface area contributed by atoms with E-state index in [2.05, 4.69) is 10.5 Å². The van der Waals surface area contributed by atoms with Crippen LogP contribution < -0.4 is 11.2 Å². The standard InChI is InChI=1S/C17H32N4O4/c1-15(2,3)24-13(22)20-21(14(23)25-16(4,5)6)19-12-9-8-10-17(7,18)11-12/h12H,8-11,18H2,1-7H3/p+1/t12-,17+/m0/s1. The molecule has 8 nitrogen and oxygen atoms in total. The molecule has 1 saturated carbocycles. The van der Waals surface area contributed by atoms with E-state index in [1.165, 1.54) is 0 Å². The Morgan fingerprint density at radius 1 is 1.16 bits per heavy atom. The fraction of sp³-hybridized carbons (Fsp3) is 0.882. The molecule has 0 aliphatic heterocycles. The lowest BCUT2D eigenvalue weighted by molar-refractivity contribution is -0.567. The van der Waals surface area contributed by atoms with E-state index >= 15 is 0 Å². The fourth-order valence-electron chi connectivity index (χ4n) is 2.56. The summed E-state index contributed by atoms with van der Waals surface area (Å²) >= 11 is 0. The van der Waals surface area contributed by atoms with E-state index in [1.54, 1.807) is 41.5 Å². The van der Waals surface area contributed by atoms with Crippen molar-refractivity contribution < 1.29 is 23.9 Å². The van der Waals surface area contributed by atoms with Gasteiger partial charge < -0.3 is 15.2 Å². The third-order valence-electron chi connectivity index (χ3n) is 3.43. The average Bonchev–Trinajstić information content (AvgIpc) is 2.32. The zero-order valence-electron chi connectivity index (χ0n) is 16.5. The average molecular weight is 357 g/mol. The highest BCUT2D eigenvalue weighted by Gasteiger charge is 2.36. The van der Waals surface area contributed by atoms with Gasteiger partial charge in [-0.2, -0.15) is 4.79 Å². The van der Waals surface area contributed by atoms with Crippen LogP contribution in [0.15, 0.2) is 5.11 Å². The molecule has 2 atom stereocenters. The Kier molecular flexibility index (Phi) is 6.55. The van der Waals surface area contributed by atoms with Crippen molar-refractivity contribution in [1.29, 1.82) is 0 Å². The highest BCUT2D eigenvalue weighted by molar-refractivity contribution is 5.68. The van der Waals surface area contributed by atoms with Crippen molar-refractivity contribution in [3.05, 3.63) is 0 Å². The second kappa shape index (κ2) is 7.68. The fourth-order valence-corrected chi connectivity index (χ4v) is 2.56. The van der Waals surface area contributed by atoms with Gasteiger partial charge in [0.1, 0.15) is 22.1 Å². The molecule has 0 aromatic carbocycles.